The number of halogens is 2. The summed E-state index contributed by atoms with van der Waals surface area (Å²) in [6.45, 7) is 2.04. The van der Waals surface area contributed by atoms with Gasteiger partial charge in [0.2, 0.25) is 9.84 Å². The number of benzene rings is 1. The third-order valence-corrected chi connectivity index (χ3v) is 5.26. The molecule has 0 aromatic heterocycles. The Morgan fingerprint density at radius 2 is 1.67 bits per heavy atom. The lowest BCUT2D eigenvalue weighted by molar-refractivity contribution is -0.0462. The maximum atomic E-state index is 14.0. The minimum absolute atomic E-state index is 0.219. The third-order valence-electron chi connectivity index (χ3n) is 3.38. The average molecular weight is 320 g/mol. The second kappa shape index (κ2) is 7.84. The predicted molar refractivity (Wildman–Crippen MR) is 78.0 cm³/mol. The van der Waals surface area contributed by atoms with E-state index in [-0.39, 0.29) is 6.42 Å². The minimum Gasteiger partial charge on any atom is -0.386 e. The van der Waals surface area contributed by atoms with Gasteiger partial charge in [-0.2, -0.15) is 8.78 Å². The smallest absolute Gasteiger partial charge is 0.375 e. The SMILES string of the molecule is CCCCCCCC(O)C(F)(F)S(=O)(=O)c1ccccc1. The molecule has 0 aliphatic rings. The van der Waals surface area contributed by atoms with Gasteiger partial charge in [-0.15, -0.1) is 0 Å². The summed E-state index contributed by atoms with van der Waals surface area (Å²) in [5.74, 6) is 0. The second-order valence-corrected chi connectivity index (χ2v) is 7.12. The zero-order valence-corrected chi connectivity index (χ0v) is 13.0. The number of hydrogen-bond donors (Lipinski definition) is 1. The normalized spacial score (nSPS) is 14.1. The Balaban J connectivity index is 2.70. The van der Waals surface area contributed by atoms with Crippen molar-refractivity contribution in [2.75, 3.05) is 0 Å². The lowest BCUT2D eigenvalue weighted by atomic mass is 10.1. The molecular formula is C15H22F2O3S. The van der Waals surface area contributed by atoms with Crippen molar-refractivity contribution in [3.63, 3.8) is 0 Å². The van der Waals surface area contributed by atoms with E-state index < -0.39 is 26.1 Å². The van der Waals surface area contributed by atoms with Crippen LogP contribution in [0, 0.1) is 0 Å². The summed E-state index contributed by atoms with van der Waals surface area (Å²) in [5, 5.41) is 5.43. The Labute approximate surface area is 124 Å². The quantitative estimate of drug-likeness (QED) is 0.705. The molecule has 3 nitrogen and oxygen atoms in total. The number of aliphatic hydroxyl groups is 1. The summed E-state index contributed by atoms with van der Waals surface area (Å²) in [5.41, 5.74) is 0. The standard InChI is InChI=1S/C15H22F2O3S/c1-2-3-4-5-9-12-14(18)15(16,17)21(19,20)13-10-7-6-8-11-13/h6-8,10-11,14,18H,2-5,9,12H2,1H3. The number of rotatable bonds is 9. The van der Waals surface area contributed by atoms with Gasteiger partial charge in [-0.1, -0.05) is 57.2 Å². The van der Waals surface area contributed by atoms with E-state index in [2.05, 4.69) is 0 Å². The second-order valence-electron chi connectivity index (χ2n) is 5.10. The Kier molecular flexibility index (Phi) is 6.74. The molecule has 0 radical (unpaired) electrons. The molecule has 1 atom stereocenters. The summed E-state index contributed by atoms with van der Waals surface area (Å²) in [6.07, 6.45) is 1.65. The Hall–Kier alpha value is -1.01. The topological polar surface area (TPSA) is 54.4 Å². The lowest BCUT2D eigenvalue weighted by Gasteiger charge is -2.22. The number of unbranched alkanes of at least 4 members (excludes halogenated alkanes) is 4. The lowest BCUT2D eigenvalue weighted by Crippen LogP contribution is -2.41. The van der Waals surface area contributed by atoms with Crippen molar-refractivity contribution in [2.45, 2.75) is 61.7 Å². The van der Waals surface area contributed by atoms with Crippen LogP contribution in [0.3, 0.4) is 0 Å². The zero-order chi connectivity index (χ0) is 15.9. The molecule has 0 spiro atoms. The third kappa shape index (κ3) is 4.48. The fourth-order valence-corrected chi connectivity index (χ4v) is 3.35. The maximum absolute atomic E-state index is 14.0. The van der Waals surface area contributed by atoms with Gasteiger partial charge in [-0.3, -0.25) is 0 Å². The van der Waals surface area contributed by atoms with E-state index in [1.165, 1.54) is 12.1 Å². The molecule has 0 aliphatic heterocycles. The van der Waals surface area contributed by atoms with Crippen LogP contribution in [0.2, 0.25) is 0 Å². The zero-order valence-electron chi connectivity index (χ0n) is 12.1. The highest BCUT2D eigenvalue weighted by atomic mass is 32.2. The predicted octanol–water partition coefficient (Wildman–Crippen LogP) is 3.77. The molecule has 0 heterocycles. The molecule has 6 heteroatoms. The molecule has 1 aromatic carbocycles. The van der Waals surface area contributed by atoms with Crippen LogP contribution in [0.1, 0.15) is 45.4 Å². The molecule has 0 amide bonds. The monoisotopic (exact) mass is 320 g/mol. The summed E-state index contributed by atoms with van der Waals surface area (Å²) >= 11 is 0. The van der Waals surface area contributed by atoms with Crippen molar-refractivity contribution in [1.82, 2.24) is 0 Å². The highest BCUT2D eigenvalue weighted by Crippen LogP contribution is 2.34. The maximum Gasteiger partial charge on any atom is 0.375 e. The Bertz CT molecular complexity index is 515. The highest BCUT2D eigenvalue weighted by molar-refractivity contribution is 7.92. The van der Waals surface area contributed by atoms with Gasteiger partial charge in [0, 0.05) is 0 Å². The van der Waals surface area contributed by atoms with Crippen LogP contribution in [0.4, 0.5) is 8.78 Å². The first-order valence-electron chi connectivity index (χ1n) is 7.19. The van der Waals surface area contributed by atoms with Crippen molar-refractivity contribution in [3.05, 3.63) is 30.3 Å². The Morgan fingerprint density at radius 3 is 2.24 bits per heavy atom. The summed E-state index contributed by atoms with van der Waals surface area (Å²) < 4.78 is 51.9. The first-order chi connectivity index (χ1) is 9.84. The van der Waals surface area contributed by atoms with Crippen LogP contribution < -0.4 is 0 Å². The van der Waals surface area contributed by atoms with Crippen molar-refractivity contribution >= 4 is 9.84 Å². The molecule has 1 aromatic rings. The van der Waals surface area contributed by atoms with Crippen LogP contribution in [-0.4, -0.2) is 24.9 Å². The van der Waals surface area contributed by atoms with Gasteiger partial charge in [0.25, 0.3) is 0 Å². The van der Waals surface area contributed by atoms with E-state index >= 15 is 0 Å². The average Bonchev–Trinajstić information content (AvgIpc) is 2.47. The molecule has 0 aliphatic carbocycles. The van der Waals surface area contributed by atoms with Crippen LogP contribution in [0.5, 0.6) is 0 Å². The largest absolute Gasteiger partial charge is 0.386 e. The van der Waals surface area contributed by atoms with Crippen molar-refractivity contribution < 1.29 is 22.3 Å². The fourth-order valence-electron chi connectivity index (χ4n) is 2.05. The van der Waals surface area contributed by atoms with Crippen LogP contribution in [0.25, 0.3) is 0 Å². The Morgan fingerprint density at radius 1 is 1.10 bits per heavy atom. The summed E-state index contributed by atoms with van der Waals surface area (Å²) in [4.78, 5) is -0.472. The van der Waals surface area contributed by atoms with E-state index in [1.807, 2.05) is 6.92 Å². The van der Waals surface area contributed by atoms with Gasteiger partial charge in [-0.25, -0.2) is 8.42 Å². The van der Waals surface area contributed by atoms with E-state index in [9.17, 15) is 22.3 Å². The molecule has 120 valence electrons. The highest BCUT2D eigenvalue weighted by Gasteiger charge is 2.51. The van der Waals surface area contributed by atoms with Gasteiger partial charge >= 0.3 is 5.25 Å². The summed E-state index contributed by atoms with van der Waals surface area (Å²) in [6, 6.07) is 6.51. The number of aliphatic hydroxyl groups excluding tert-OH is 1. The molecule has 0 saturated carbocycles. The number of sulfone groups is 1. The molecule has 1 N–H and O–H groups in total. The van der Waals surface area contributed by atoms with Crippen molar-refractivity contribution in [3.8, 4) is 0 Å². The fraction of sp³-hybridized carbons (Fsp3) is 0.600. The van der Waals surface area contributed by atoms with Crippen molar-refractivity contribution in [1.29, 1.82) is 0 Å². The first-order valence-corrected chi connectivity index (χ1v) is 8.68. The molecular weight excluding hydrogens is 298 g/mol. The molecule has 21 heavy (non-hydrogen) atoms. The molecule has 0 bridgehead atoms. The van der Waals surface area contributed by atoms with Crippen LogP contribution >= 0.6 is 0 Å². The van der Waals surface area contributed by atoms with E-state index in [0.29, 0.717) is 12.8 Å². The minimum atomic E-state index is -4.87. The van der Waals surface area contributed by atoms with Gasteiger partial charge in [0.1, 0.15) is 6.10 Å². The van der Waals surface area contributed by atoms with E-state index in [4.69, 9.17) is 0 Å². The molecule has 0 saturated heterocycles. The van der Waals surface area contributed by atoms with E-state index in [1.54, 1.807) is 6.07 Å². The molecule has 1 unspecified atom stereocenters. The van der Waals surface area contributed by atoms with Gasteiger partial charge < -0.3 is 5.11 Å². The van der Waals surface area contributed by atoms with Gasteiger partial charge in [0.05, 0.1) is 4.90 Å². The van der Waals surface area contributed by atoms with E-state index in [0.717, 1.165) is 31.4 Å². The first kappa shape index (κ1) is 18.0. The molecule has 0 fully saturated rings. The number of alkyl halides is 2. The summed E-state index contributed by atoms with van der Waals surface area (Å²) in [7, 11) is -4.87. The molecule has 1 rings (SSSR count). The van der Waals surface area contributed by atoms with Crippen LogP contribution in [0.15, 0.2) is 35.2 Å². The van der Waals surface area contributed by atoms with Crippen molar-refractivity contribution in [2.24, 2.45) is 0 Å². The van der Waals surface area contributed by atoms with Gasteiger partial charge in [-0.05, 0) is 18.6 Å². The van der Waals surface area contributed by atoms with Crippen LogP contribution in [-0.2, 0) is 9.84 Å². The van der Waals surface area contributed by atoms with Gasteiger partial charge in [0.15, 0.2) is 0 Å². The number of hydrogen-bond acceptors (Lipinski definition) is 3.